The van der Waals surface area contributed by atoms with Crippen LogP contribution in [0.15, 0.2) is 18.2 Å². The summed E-state index contributed by atoms with van der Waals surface area (Å²) >= 11 is 0. The first-order valence-electron chi connectivity index (χ1n) is 11.4. The molecule has 1 N–H and O–H groups in total. The maximum absolute atomic E-state index is 12.8. The minimum Gasteiger partial charge on any atom is -0.369 e. The Bertz CT molecular complexity index is 761. The number of hydrogen-bond acceptors (Lipinski definition) is 4. The van der Waals surface area contributed by atoms with E-state index in [1.807, 2.05) is 15.9 Å². The third-order valence-electron chi connectivity index (χ3n) is 6.82. The molecular formula is C23H35N5O2. The van der Waals surface area contributed by atoms with E-state index in [2.05, 4.69) is 41.2 Å². The highest BCUT2D eigenvalue weighted by molar-refractivity contribution is 5.93. The normalized spacial score (nSPS) is 21.2. The minimum absolute atomic E-state index is 0.0229. The van der Waals surface area contributed by atoms with E-state index in [0.29, 0.717) is 13.1 Å². The van der Waals surface area contributed by atoms with Gasteiger partial charge in [-0.1, -0.05) is 0 Å². The van der Waals surface area contributed by atoms with Crippen LogP contribution in [0.3, 0.4) is 0 Å². The maximum Gasteiger partial charge on any atom is 0.319 e. The topological polar surface area (TPSA) is 59.1 Å². The number of aryl methyl sites for hydroxylation is 1. The number of likely N-dealkylation sites (tertiary alicyclic amines) is 2. The standard InChI is InChI=1S/C23H35N5O2/c1-18-17-20(5-6-21(18)26-15-13-25(2)14-16-26)24-22(29)19-7-11-28(12-8-19)23(30)27-9-3-4-10-27/h5-6,17,19H,3-4,7-16H2,1-2H3,(H,24,29). The largest absolute Gasteiger partial charge is 0.369 e. The van der Waals surface area contributed by atoms with Gasteiger partial charge in [-0.05, 0) is 63.4 Å². The Hall–Kier alpha value is -2.28. The summed E-state index contributed by atoms with van der Waals surface area (Å²) in [7, 11) is 2.16. The van der Waals surface area contributed by atoms with Crippen LogP contribution in [-0.4, -0.2) is 86.0 Å². The number of hydrogen-bond donors (Lipinski definition) is 1. The van der Waals surface area contributed by atoms with E-state index in [4.69, 9.17) is 0 Å². The molecule has 3 fully saturated rings. The summed E-state index contributed by atoms with van der Waals surface area (Å²) in [6, 6.07) is 6.39. The number of likely N-dealkylation sites (N-methyl/N-ethyl adjacent to an activating group) is 1. The molecule has 0 atom stereocenters. The van der Waals surface area contributed by atoms with E-state index in [1.54, 1.807) is 0 Å². The van der Waals surface area contributed by atoms with Gasteiger partial charge in [-0.15, -0.1) is 0 Å². The van der Waals surface area contributed by atoms with Crippen molar-refractivity contribution in [3.8, 4) is 0 Å². The molecule has 3 amide bonds. The van der Waals surface area contributed by atoms with Gasteiger partial charge in [0, 0.05) is 69.7 Å². The first-order chi connectivity index (χ1) is 14.5. The Morgan fingerprint density at radius 2 is 1.53 bits per heavy atom. The average molecular weight is 414 g/mol. The lowest BCUT2D eigenvalue weighted by atomic mass is 9.96. The molecule has 0 aliphatic carbocycles. The van der Waals surface area contributed by atoms with Gasteiger partial charge >= 0.3 is 6.03 Å². The number of carbonyl (C=O) groups is 2. The summed E-state index contributed by atoms with van der Waals surface area (Å²) in [5, 5.41) is 3.11. The van der Waals surface area contributed by atoms with E-state index < -0.39 is 0 Å². The maximum atomic E-state index is 12.8. The molecule has 7 nitrogen and oxygen atoms in total. The van der Waals surface area contributed by atoms with Crippen LogP contribution in [0.25, 0.3) is 0 Å². The van der Waals surface area contributed by atoms with Crippen molar-refractivity contribution < 1.29 is 9.59 Å². The van der Waals surface area contributed by atoms with E-state index in [0.717, 1.165) is 70.6 Å². The lowest BCUT2D eigenvalue weighted by Gasteiger charge is -2.35. The molecule has 3 aliphatic heterocycles. The van der Waals surface area contributed by atoms with Crippen LogP contribution in [0.2, 0.25) is 0 Å². The zero-order chi connectivity index (χ0) is 21.1. The second kappa shape index (κ2) is 9.25. The van der Waals surface area contributed by atoms with E-state index in [9.17, 15) is 9.59 Å². The molecule has 0 aromatic heterocycles. The summed E-state index contributed by atoms with van der Waals surface area (Å²) < 4.78 is 0. The molecule has 3 saturated heterocycles. The number of piperazine rings is 1. The van der Waals surface area contributed by atoms with Crippen LogP contribution in [0, 0.1) is 12.8 Å². The molecule has 0 spiro atoms. The molecule has 0 saturated carbocycles. The van der Waals surface area contributed by atoms with Crippen molar-refractivity contribution in [2.75, 3.05) is 69.6 Å². The summed E-state index contributed by atoms with van der Waals surface area (Å²) in [5.41, 5.74) is 3.32. The molecule has 1 aromatic rings. The fourth-order valence-electron chi connectivity index (χ4n) is 4.82. The second-order valence-corrected chi connectivity index (χ2v) is 9.02. The lowest BCUT2D eigenvalue weighted by Crippen LogP contribution is -2.47. The van der Waals surface area contributed by atoms with Crippen LogP contribution in [-0.2, 0) is 4.79 Å². The zero-order valence-electron chi connectivity index (χ0n) is 18.4. The number of benzene rings is 1. The first-order valence-corrected chi connectivity index (χ1v) is 11.4. The van der Waals surface area contributed by atoms with Crippen LogP contribution in [0.4, 0.5) is 16.2 Å². The Kier molecular flexibility index (Phi) is 6.46. The molecule has 0 bridgehead atoms. The highest BCUT2D eigenvalue weighted by Crippen LogP contribution is 2.26. The minimum atomic E-state index is -0.0229. The molecule has 1 aromatic carbocycles. The Balaban J connectivity index is 1.29. The number of piperidine rings is 1. The highest BCUT2D eigenvalue weighted by atomic mass is 16.2. The predicted octanol–water partition coefficient (Wildman–Crippen LogP) is 2.61. The molecule has 7 heteroatoms. The van der Waals surface area contributed by atoms with Gasteiger partial charge in [0.15, 0.2) is 0 Å². The molecular weight excluding hydrogens is 378 g/mol. The fraction of sp³-hybridized carbons (Fsp3) is 0.652. The van der Waals surface area contributed by atoms with Gasteiger partial charge < -0.3 is 24.9 Å². The third-order valence-corrected chi connectivity index (χ3v) is 6.82. The third kappa shape index (κ3) is 4.72. The monoisotopic (exact) mass is 413 g/mol. The second-order valence-electron chi connectivity index (χ2n) is 9.02. The first kappa shape index (κ1) is 21.0. The highest BCUT2D eigenvalue weighted by Gasteiger charge is 2.30. The van der Waals surface area contributed by atoms with E-state index in [-0.39, 0.29) is 17.9 Å². The average Bonchev–Trinajstić information content (AvgIpc) is 3.29. The van der Waals surface area contributed by atoms with Crippen molar-refractivity contribution in [3.63, 3.8) is 0 Å². The molecule has 0 radical (unpaired) electrons. The number of carbonyl (C=O) groups excluding carboxylic acids is 2. The summed E-state index contributed by atoms with van der Waals surface area (Å²) in [6.07, 6.45) is 3.70. The van der Waals surface area contributed by atoms with Gasteiger partial charge in [-0.25, -0.2) is 4.79 Å². The number of nitrogens with zero attached hydrogens (tertiary/aromatic N) is 4. The van der Waals surface area contributed by atoms with Crippen molar-refractivity contribution >= 4 is 23.3 Å². The predicted molar refractivity (Wildman–Crippen MR) is 120 cm³/mol. The van der Waals surface area contributed by atoms with Crippen molar-refractivity contribution in [3.05, 3.63) is 23.8 Å². The van der Waals surface area contributed by atoms with Gasteiger partial charge in [-0.2, -0.15) is 0 Å². The zero-order valence-corrected chi connectivity index (χ0v) is 18.4. The summed E-state index contributed by atoms with van der Waals surface area (Å²) in [4.78, 5) is 34.0. The molecule has 3 heterocycles. The quantitative estimate of drug-likeness (QED) is 0.828. The van der Waals surface area contributed by atoms with Gasteiger partial charge in [0.1, 0.15) is 0 Å². The van der Waals surface area contributed by atoms with Crippen molar-refractivity contribution in [1.82, 2.24) is 14.7 Å². The fourth-order valence-corrected chi connectivity index (χ4v) is 4.82. The number of anilines is 2. The Morgan fingerprint density at radius 1 is 0.900 bits per heavy atom. The van der Waals surface area contributed by atoms with Crippen LogP contribution < -0.4 is 10.2 Å². The van der Waals surface area contributed by atoms with E-state index >= 15 is 0 Å². The van der Waals surface area contributed by atoms with Crippen LogP contribution in [0.5, 0.6) is 0 Å². The SMILES string of the molecule is Cc1cc(NC(=O)C2CCN(C(=O)N3CCCC3)CC2)ccc1N1CCN(C)CC1. The van der Waals surface area contributed by atoms with Crippen LogP contribution in [0.1, 0.15) is 31.2 Å². The molecule has 4 rings (SSSR count). The number of urea groups is 1. The van der Waals surface area contributed by atoms with Gasteiger partial charge in [0.05, 0.1) is 0 Å². The Labute approximate surface area is 180 Å². The van der Waals surface area contributed by atoms with Gasteiger partial charge in [-0.3, -0.25) is 4.79 Å². The lowest BCUT2D eigenvalue weighted by molar-refractivity contribution is -0.121. The summed E-state index contributed by atoms with van der Waals surface area (Å²) in [5.74, 6) is 0.0558. The van der Waals surface area contributed by atoms with Gasteiger partial charge in [0.2, 0.25) is 5.91 Å². The molecule has 3 aliphatic rings. The van der Waals surface area contributed by atoms with Crippen LogP contribution >= 0.6 is 0 Å². The number of nitrogens with one attached hydrogen (secondary N) is 1. The molecule has 30 heavy (non-hydrogen) atoms. The number of rotatable bonds is 3. The van der Waals surface area contributed by atoms with Crippen molar-refractivity contribution in [2.24, 2.45) is 5.92 Å². The van der Waals surface area contributed by atoms with Crippen molar-refractivity contribution in [1.29, 1.82) is 0 Å². The Morgan fingerprint density at radius 3 is 2.17 bits per heavy atom. The molecule has 0 unspecified atom stereocenters. The number of amides is 3. The smallest absolute Gasteiger partial charge is 0.319 e. The summed E-state index contributed by atoms with van der Waals surface area (Å²) in [6.45, 7) is 9.46. The van der Waals surface area contributed by atoms with Gasteiger partial charge in [0.25, 0.3) is 0 Å². The van der Waals surface area contributed by atoms with E-state index in [1.165, 1.54) is 11.3 Å². The molecule has 164 valence electrons. The van der Waals surface area contributed by atoms with Crippen molar-refractivity contribution in [2.45, 2.75) is 32.6 Å².